The van der Waals surface area contributed by atoms with Crippen molar-refractivity contribution in [3.8, 4) is 11.5 Å². The first kappa shape index (κ1) is 13.8. The smallest absolute Gasteiger partial charge is 0.119 e. The van der Waals surface area contributed by atoms with Crippen LogP contribution in [0.3, 0.4) is 0 Å². The lowest BCUT2D eigenvalue weighted by Crippen LogP contribution is -2.27. The number of rotatable bonds is 6. The van der Waals surface area contributed by atoms with Crippen molar-refractivity contribution in [1.82, 2.24) is 4.90 Å². The largest absolute Gasteiger partial charge is 0.508 e. The van der Waals surface area contributed by atoms with Crippen LogP contribution >= 0.6 is 0 Å². The number of phenolic OH excluding ortho intramolecular Hbond substituents is 2. The summed E-state index contributed by atoms with van der Waals surface area (Å²) in [6.45, 7) is 8.43. The van der Waals surface area contributed by atoms with Crippen molar-refractivity contribution in [3.63, 3.8) is 0 Å². The van der Waals surface area contributed by atoms with Crippen LogP contribution in [0.2, 0.25) is 0 Å². The molecular weight excluding hydrogens is 214 g/mol. The summed E-state index contributed by atoms with van der Waals surface area (Å²) in [5.41, 5.74) is 0.959. The predicted octanol–water partition coefficient (Wildman–Crippen LogP) is 3.28. The number of benzene rings is 1. The summed E-state index contributed by atoms with van der Waals surface area (Å²) in [6.07, 6.45) is 2.34. The third-order valence-corrected chi connectivity index (χ3v) is 3.16. The van der Waals surface area contributed by atoms with Crippen molar-refractivity contribution in [2.45, 2.75) is 39.7 Å². The average Bonchev–Trinajstić information content (AvgIpc) is 2.28. The van der Waals surface area contributed by atoms with Crippen molar-refractivity contribution >= 4 is 0 Å². The second-order valence-electron chi connectivity index (χ2n) is 4.44. The Balaban J connectivity index is 2.81. The molecule has 96 valence electrons. The van der Waals surface area contributed by atoms with E-state index in [2.05, 4.69) is 25.7 Å². The van der Waals surface area contributed by atoms with Crippen LogP contribution in [0.1, 0.15) is 45.2 Å². The van der Waals surface area contributed by atoms with Gasteiger partial charge in [0, 0.05) is 12.1 Å². The fourth-order valence-corrected chi connectivity index (χ4v) is 2.06. The van der Waals surface area contributed by atoms with Crippen LogP contribution in [0.15, 0.2) is 18.2 Å². The number of nitrogens with zero attached hydrogens (tertiary/aromatic N) is 1. The first-order valence-corrected chi connectivity index (χ1v) is 6.35. The van der Waals surface area contributed by atoms with Gasteiger partial charge in [-0.1, -0.05) is 20.3 Å². The van der Waals surface area contributed by atoms with E-state index >= 15 is 0 Å². The standard InChI is InChI=1S/C14H23NO2/c1-4-6-7-15(5-2)11(3)12-8-13(16)10-14(17)9-12/h8-11,16-17H,4-7H2,1-3H3. The van der Waals surface area contributed by atoms with Gasteiger partial charge >= 0.3 is 0 Å². The maximum atomic E-state index is 9.49. The Labute approximate surface area is 104 Å². The average molecular weight is 237 g/mol. The molecule has 0 spiro atoms. The molecule has 0 aliphatic heterocycles. The van der Waals surface area contributed by atoms with Gasteiger partial charge in [0.05, 0.1) is 0 Å². The lowest BCUT2D eigenvalue weighted by atomic mass is 10.1. The van der Waals surface area contributed by atoms with Crippen molar-refractivity contribution < 1.29 is 10.2 Å². The summed E-state index contributed by atoms with van der Waals surface area (Å²) in [4.78, 5) is 2.34. The Morgan fingerprint density at radius 3 is 2.18 bits per heavy atom. The van der Waals surface area contributed by atoms with Crippen molar-refractivity contribution in [3.05, 3.63) is 23.8 Å². The molecule has 0 saturated heterocycles. The van der Waals surface area contributed by atoms with E-state index in [9.17, 15) is 10.2 Å². The summed E-state index contributed by atoms with van der Waals surface area (Å²) in [5.74, 6) is 0.247. The van der Waals surface area contributed by atoms with Crippen LogP contribution in [0.25, 0.3) is 0 Å². The van der Waals surface area contributed by atoms with Gasteiger partial charge in [0.25, 0.3) is 0 Å². The molecule has 0 aromatic heterocycles. The number of unbranched alkanes of at least 4 members (excludes halogenated alkanes) is 1. The van der Waals surface area contributed by atoms with Crippen molar-refractivity contribution in [2.75, 3.05) is 13.1 Å². The van der Waals surface area contributed by atoms with Gasteiger partial charge in [0.1, 0.15) is 11.5 Å². The second-order valence-corrected chi connectivity index (χ2v) is 4.44. The SMILES string of the molecule is CCCCN(CC)C(C)c1cc(O)cc(O)c1. The topological polar surface area (TPSA) is 43.7 Å². The predicted molar refractivity (Wildman–Crippen MR) is 70.3 cm³/mol. The molecule has 1 rings (SSSR count). The highest BCUT2D eigenvalue weighted by atomic mass is 16.3. The molecule has 3 nitrogen and oxygen atoms in total. The van der Waals surface area contributed by atoms with E-state index < -0.39 is 0 Å². The third-order valence-electron chi connectivity index (χ3n) is 3.16. The Morgan fingerprint density at radius 1 is 1.12 bits per heavy atom. The van der Waals surface area contributed by atoms with E-state index in [0.717, 1.165) is 18.7 Å². The number of phenols is 2. The Kier molecular flexibility index (Phi) is 5.29. The van der Waals surface area contributed by atoms with Gasteiger partial charge in [-0.3, -0.25) is 4.90 Å². The number of aromatic hydroxyl groups is 2. The van der Waals surface area contributed by atoms with E-state index in [1.807, 2.05) is 0 Å². The first-order valence-electron chi connectivity index (χ1n) is 6.35. The van der Waals surface area contributed by atoms with Gasteiger partial charge < -0.3 is 10.2 Å². The molecule has 0 heterocycles. The molecule has 1 aromatic carbocycles. The van der Waals surface area contributed by atoms with Gasteiger partial charge in [0.2, 0.25) is 0 Å². The third kappa shape index (κ3) is 3.93. The molecule has 0 bridgehead atoms. The minimum absolute atomic E-state index is 0.124. The highest BCUT2D eigenvalue weighted by Crippen LogP contribution is 2.28. The molecule has 0 saturated carbocycles. The quantitative estimate of drug-likeness (QED) is 0.798. The number of hydrogen-bond donors (Lipinski definition) is 2. The van der Waals surface area contributed by atoms with Crippen LogP contribution in [0, 0.1) is 0 Å². The summed E-state index contributed by atoms with van der Waals surface area (Å²) >= 11 is 0. The molecule has 0 aliphatic rings. The highest BCUT2D eigenvalue weighted by Gasteiger charge is 2.14. The zero-order chi connectivity index (χ0) is 12.8. The van der Waals surface area contributed by atoms with Gasteiger partial charge in [-0.05, 0) is 44.1 Å². The molecular formula is C14H23NO2. The summed E-state index contributed by atoms with van der Waals surface area (Å²) in [6, 6.07) is 5.01. The van der Waals surface area contributed by atoms with E-state index in [4.69, 9.17) is 0 Å². The number of hydrogen-bond acceptors (Lipinski definition) is 3. The van der Waals surface area contributed by atoms with E-state index in [1.54, 1.807) is 12.1 Å². The van der Waals surface area contributed by atoms with Crippen LogP contribution in [-0.2, 0) is 0 Å². The van der Waals surface area contributed by atoms with Gasteiger partial charge in [-0.15, -0.1) is 0 Å². The maximum absolute atomic E-state index is 9.49. The molecule has 2 N–H and O–H groups in total. The zero-order valence-electron chi connectivity index (χ0n) is 11.0. The Bertz CT molecular complexity index is 332. The van der Waals surface area contributed by atoms with Crippen LogP contribution in [0.5, 0.6) is 11.5 Å². The Hall–Kier alpha value is -1.22. The van der Waals surface area contributed by atoms with Gasteiger partial charge in [0.15, 0.2) is 0 Å². The van der Waals surface area contributed by atoms with Crippen molar-refractivity contribution in [2.24, 2.45) is 0 Å². The summed E-state index contributed by atoms with van der Waals surface area (Å²) in [5, 5.41) is 19.0. The lowest BCUT2D eigenvalue weighted by Gasteiger charge is -2.28. The first-order chi connectivity index (χ1) is 8.08. The summed E-state index contributed by atoms with van der Waals surface area (Å²) < 4.78 is 0. The van der Waals surface area contributed by atoms with E-state index in [1.165, 1.54) is 18.9 Å². The molecule has 1 atom stereocenters. The molecule has 0 amide bonds. The van der Waals surface area contributed by atoms with Gasteiger partial charge in [-0.25, -0.2) is 0 Å². The molecule has 17 heavy (non-hydrogen) atoms. The zero-order valence-corrected chi connectivity index (χ0v) is 11.0. The Morgan fingerprint density at radius 2 is 1.71 bits per heavy atom. The maximum Gasteiger partial charge on any atom is 0.119 e. The molecule has 3 heteroatoms. The van der Waals surface area contributed by atoms with E-state index in [-0.39, 0.29) is 17.5 Å². The summed E-state index contributed by atoms with van der Waals surface area (Å²) in [7, 11) is 0. The monoisotopic (exact) mass is 237 g/mol. The lowest BCUT2D eigenvalue weighted by molar-refractivity contribution is 0.218. The molecule has 1 aromatic rings. The highest BCUT2D eigenvalue weighted by molar-refractivity contribution is 5.37. The normalized spacial score (nSPS) is 12.9. The minimum Gasteiger partial charge on any atom is -0.508 e. The van der Waals surface area contributed by atoms with Crippen molar-refractivity contribution in [1.29, 1.82) is 0 Å². The van der Waals surface area contributed by atoms with Crippen LogP contribution in [0.4, 0.5) is 0 Å². The molecule has 0 aliphatic carbocycles. The van der Waals surface area contributed by atoms with E-state index in [0.29, 0.717) is 0 Å². The van der Waals surface area contributed by atoms with Gasteiger partial charge in [-0.2, -0.15) is 0 Å². The van der Waals surface area contributed by atoms with Crippen LogP contribution < -0.4 is 0 Å². The fourth-order valence-electron chi connectivity index (χ4n) is 2.06. The fraction of sp³-hybridized carbons (Fsp3) is 0.571. The second kappa shape index (κ2) is 6.50. The minimum atomic E-state index is 0.124. The molecule has 1 unspecified atom stereocenters. The molecule has 0 fully saturated rings. The van der Waals surface area contributed by atoms with Crippen LogP contribution in [-0.4, -0.2) is 28.2 Å². The molecule has 0 radical (unpaired) electrons.